The third kappa shape index (κ3) is 3.14. The van der Waals surface area contributed by atoms with Crippen molar-refractivity contribution in [1.29, 1.82) is 0 Å². The van der Waals surface area contributed by atoms with Gasteiger partial charge < -0.3 is 11.1 Å². The molecule has 1 unspecified atom stereocenters. The standard InChI is InChI=1S/C13H15ClN2S/c1-9(8-10-4-3-7-17-10)16-12-6-2-5-11(14)13(12)15/h2-7,9,16H,8,15H2,1H3. The lowest BCUT2D eigenvalue weighted by Gasteiger charge is -2.16. The van der Waals surface area contributed by atoms with Crippen LogP contribution in [0.4, 0.5) is 11.4 Å². The van der Waals surface area contributed by atoms with Gasteiger partial charge in [0.1, 0.15) is 0 Å². The van der Waals surface area contributed by atoms with Gasteiger partial charge in [0.15, 0.2) is 0 Å². The van der Waals surface area contributed by atoms with E-state index >= 15 is 0 Å². The molecule has 0 saturated heterocycles. The third-order valence-corrected chi connectivity index (χ3v) is 3.77. The van der Waals surface area contributed by atoms with Crippen LogP contribution in [0.25, 0.3) is 0 Å². The number of anilines is 2. The second-order valence-corrected chi connectivity index (χ2v) is 5.47. The van der Waals surface area contributed by atoms with E-state index in [4.69, 9.17) is 17.3 Å². The molecule has 0 aliphatic carbocycles. The lowest BCUT2D eigenvalue weighted by atomic mass is 10.2. The molecule has 1 aromatic heterocycles. The first-order valence-corrected chi connectivity index (χ1v) is 6.75. The predicted molar refractivity (Wildman–Crippen MR) is 77.0 cm³/mol. The first-order chi connectivity index (χ1) is 8.16. The maximum atomic E-state index is 5.98. The molecule has 2 rings (SSSR count). The summed E-state index contributed by atoms with van der Waals surface area (Å²) in [6.45, 7) is 2.14. The van der Waals surface area contributed by atoms with Gasteiger partial charge in [-0.05, 0) is 30.5 Å². The van der Waals surface area contributed by atoms with Gasteiger partial charge in [0.2, 0.25) is 0 Å². The van der Waals surface area contributed by atoms with Crippen molar-refractivity contribution in [3.63, 3.8) is 0 Å². The van der Waals surface area contributed by atoms with Crippen molar-refractivity contribution in [2.45, 2.75) is 19.4 Å². The van der Waals surface area contributed by atoms with Crippen LogP contribution in [0.1, 0.15) is 11.8 Å². The average Bonchev–Trinajstić information content (AvgIpc) is 2.77. The van der Waals surface area contributed by atoms with E-state index in [0.717, 1.165) is 12.1 Å². The molecule has 0 fully saturated rings. The number of benzene rings is 1. The summed E-state index contributed by atoms with van der Waals surface area (Å²) in [6, 6.07) is 10.2. The Morgan fingerprint density at radius 2 is 2.18 bits per heavy atom. The minimum absolute atomic E-state index is 0.328. The molecule has 0 saturated carbocycles. The Hall–Kier alpha value is -1.19. The molecule has 90 valence electrons. The van der Waals surface area contributed by atoms with E-state index in [2.05, 4.69) is 29.8 Å². The van der Waals surface area contributed by atoms with Crippen molar-refractivity contribution in [1.82, 2.24) is 0 Å². The van der Waals surface area contributed by atoms with Gasteiger partial charge in [-0.25, -0.2) is 0 Å². The normalized spacial score (nSPS) is 12.4. The Labute approximate surface area is 110 Å². The maximum Gasteiger partial charge on any atom is 0.0739 e. The van der Waals surface area contributed by atoms with Crippen molar-refractivity contribution in [3.05, 3.63) is 45.6 Å². The Bertz CT molecular complexity index is 482. The van der Waals surface area contributed by atoms with Crippen LogP contribution < -0.4 is 11.1 Å². The topological polar surface area (TPSA) is 38.0 Å². The molecule has 0 amide bonds. The Morgan fingerprint density at radius 3 is 2.88 bits per heavy atom. The van der Waals surface area contributed by atoms with E-state index in [1.807, 2.05) is 12.1 Å². The SMILES string of the molecule is CC(Cc1cccs1)Nc1cccc(Cl)c1N. The predicted octanol–water partition coefficient (Wildman–Crippen LogP) is 4.03. The quantitative estimate of drug-likeness (QED) is 0.820. The molecular weight excluding hydrogens is 252 g/mol. The minimum atomic E-state index is 0.328. The zero-order chi connectivity index (χ0) is 12.3. The number of halogens is 1. The van der Waals surface area contributed by atoms with E-state index < -0.39 is 0 Å². The van der Waals surface area contributed by atoms with Crippen molar-refractivity contribution < 1.29 is 0 Å². The maximum absolute atomic E-state index is 5.98. The molecule has 4 heteroatoms. The molecule has 0 aliphatic rings. The van der Waals surface area contributed by atoms with E-state index in [1.54, 1.807) is 17.4 Å². The Kier molecular flexibility index (Phi) is 3.92. The molecule has 0 spiro atoms. The zero-order valence-electron chi connectivity index (χ0n) is 9.61. The first-order valence-electron chi connectivity index (χ1n) is 5.49. The summed E-state index contributed by atoms with van der Waals surface area (Å²) in [5.41, 5.74) is 7.43. The summed E-state index contributed by atoms with van der Waals surface area (Å²) in [5.74, 6) is 0. The minimum Gasteiger partial charge on any atom is -0.396 e. The van der Waals surface area contributed by atoms with Gasteiger partial charge in [-0.3, -0.25) is 0 Å². The molecule has 0 aliphatic heterocycles. The fourth-order valence-electron chi connectivity index (χ4n) is 1.71. The molecule has 1 aromatic carbocycles. The van der Waals surface area contributed by atoms with Gasteiger partial charge >= 0.3 is 0 Å². The summed E-state index contributed by atoms with van der Waals surface area (Å²) >= 11 is 7.75. The molecular formula is C13H15ClN2S. The highest BCUT2D eigenvalue weighted by molar-refractivity contribution is 7.09. The largest absolute Gasteiger partial charge is 0.396 e. The van der Waals surface area contributed by atoms with Crippen LogP contribution in [-0.2, 0) is 6.42 Å². The van der Waals surface area contributed by atoms with Crippen LogP contribution in [0.15, 0.2) is 35.7 Å². The smallest absolute Gasteiger partial charge is 0.0739 e. The Balaban J connectivity index is 2.03. The molecule has 2 aromatic rings. The Morgan fingerprint density at radius 1 is 1.35 bits per heavy atom. The molecule has 0 radical (unpaired) electrons. The fraction of sp³-hybridized carbons (Fsp3) is 0.231. The van der Waals surface area contributed by atoms with Crippen LogP contribution in [0.3, 0.4) is 0 Å². The molecule has 0 bridgehead atoms. The summed E-state index contributed by atoms with van der Waals surface area (Å²) in [6.07, 6.45) is 0.990. The van der Waals surface area contributed by atoms with Crippen LogP contribution >= 0.6 is 22.9 Å². The summed E-state index contributed by atoms with van der Waals surface area (Å²) in [7, 11) is 0. The van der Waals surface area contributed by atoms with Crippen LogP contribution in [-0.4, -0.2) is 6.04 Å². The van der Waals surface area contributed by atoms with Crippen molar-refractivity contribution in [2.75, 3.05) is 11.1 Å². The lowest BCUT2D eigenvalue weighted by Crippen LogP contribution is -2.18. The molecule has 1 atom stereocenters. The van der Waals surface area contributed by atoms with Gasteiger partial charge in [-0.2, -0.15) is 0 Å². The molecule has 1 heterocycles. The van der Waals surface area contributed by atoms with Gasteiger partial charge in [0.25, 0.3) is 0 Å². The highest BCUT2D eigenvalue weighted by Gasteiger charge is 2.08. The van der Waals surface area contributed by atoms with Crippen LogP contribution in [0.2, 0.25) is 5.02 Å². The number of nitrogens with one attached hydrogen (secondary N) is 1. The number of hydrogen-bond donors (Lipinski definition) is 2. The monoisotopic (exact) mass is 266 g/mol. The number of nitrogen functional groups attached to an aromatic ring is 1. The van der Waals surface area contributed by atoms with Gasteiger partial charge in [-0.1, -0.05) is 23.7 Å². The fourth-order valence-corrected chi connectivity index (χ4v) is 2.72. The molecule has 2 nitrogen and oxygen atoms in total. The van der Waals surface area contributed by atoms with Crippen molar-refractivity contribution in [2.24, 2.45) is 0 Å². The second-order valence-electron chi connectivity index (χ2n) is 4.03. The number of thiophene rings is 1. The highest BCUT2D eigenvalue weighted by Crippen LogP contribution is 2.27. The molecule has 3 N–H and O–H groups in total. The number of rotatable bonds is 4. The lowest BCUT2D eigenvalue weighted by molar-refractivity contribution is 0.801. The highest BCUT2D eigenvalue weighted by atomic mass is 35.5. The number of para-hydroxylation sites is 1. The number of nitrogens with two attached hydrogens (primary N) is 1. The molecule has 17 heavy (non-hydrogen) atoms. The van der Waals surface area contributed by atoms with Crippen molar-refractivity contribution >= 4 is 34.3 Å². The zero-order valence-corrected chi connectivity index (χ0v) is 11.2. The summed E-state index contributed by atoms with van der Waals surface area (Å²) in [5, 5.41) is 6.08. The summed E-state index contributed by atoms with van der Waals surface area (Å²) < 4.78 is 0. The summed E-state index contributed by atoms with van der Waals surface area (Å²) in [4.78, 5) is 1.37. The average molecular weight is 267 g/mol. The van der Waals surface area contributed by atoms with E-state index in [9.17, 15) is 0 Å². The van der Waals surface area contributed by atoms with E-state index in [-0.39, 0.29) is 0 Å². The van der Waals surface area contributed by atoms with Gasteiger partial charge in [0, 0.05) is 17.3 Å². The van der Waals surface area contributed by atoms with E-state index in [0.29, 0.717) is 16.8 Å². The number of hydrogen-bond acceptors (Lipinski definition) is 3. The second kappa shape index (κ2) is 5.43. The first kappa shape index (κ1) is 12.3. The van der Waals surface area contributed by atoms with E-state index in [1.165, 1.54) is 4.88 Å². The third-order valence-electron chi connectivity index (χ3n) is 2.54. The van der Waals surface area contributed by atoms with Gasteiger partial charge in [-0.15, -0.1) is 11.3 Å². The van der Waals surface area contributed by atoms with Gasteiger partial charge in [0.05, 0.1) is 16.4 Å². The van der Waals surface area contributed by atoms with Crippen LogP contribution in [0.5, 0.6) is 0 Å². The van der Waals surface area contributed by atoms with Crippen molar-refractivity contribution in [3.8, 4) is 0 Å². The van der Waals surface area contributed by atoms with Crippen LogP contribution in [0, 0.1) is 0 Å².